The maximum absolute atomic E-state index is 13.1. The van der Waals surface area contributed by atoms with Gasteiger partial charge in [-0.15, -0.1) is 11.3 Å². The lowest BCUT2D eigenvalue weighted by Gasteiger charge is -2.15. The molecule has 0 saturated carbocycles. The predicted molar refractivity (Wildman–Crippen MR) is 173 cm³/mol. The number of halogens is 3. The average molecular weight is 653 g/mol. The third-order valence-corrected chi connectivity index (χ3v) is 8.04. The molecular formula is C34H35F3N4O4S. The molecule has 0 aliphatic heterocycles. The summed E-state index contributed by atoms with van der Waals surface area (Å²) in [6.45, 7) is 5.99. The number of carbonyl (C=O) groups excluding carboxylic acids is 2. The number of rotatable bonds is 10. The van der Waals surface area contributed by atoms with Gasteiger partial charge in [0, 0.05) is 28.4 Å². The molecular weight excluding hydrogens is 617 g/mol. The Morgan fingerprint density at radius 2 is 1.61 bits per heavy atom. The van der Waals surface area contributed by atoms with Gasteiger partial charge < -0.3 is 15.7 Å². The number of nitrogens with zero attached hydrogens (tertiary/aromatic N) is 2. The highest BCUT2D eigenvalue weighted by Crippen LogP contribution is 2.32. The van der Waals surface area contributed by atoms with Crippen molar-refractivity contribution >= 4 is 41.7 Å². The number of aliphatic carboxylic acids is 1. The third-order valence-electron chi connectivity index (χ3n) is 6.61. The largest absolute Gasteiger partial charge is 0.480 e. The van der Waals surface area contributed by atoms with E-state index >= 15 is 0 Å². The standard InChI is InChI=1S/C25H23F3N4O3.C9H12OS/c1-29-21(24(35)32-15-22(33)34)12-16-6-10-19(11-7-16)23-30-13-17(14-31-23)8-9-18-4-2-3-5-20(18)25(26,27)28;1-9(2,3)8-5-4-7(6-10)11-8/h2-11,13-14,21,29H,12,15H2,1H3,(H,32,35)(H,33,34);4-6H,1-3H3/b9-8+;. The summed E-state index contributed by atoms with van der Waals surface area (Å²) in [5.41, 5.74) is 1.63. The average Bonchev–Trinajstić information content (AvgIpc) is 3.53. The Bertz CT molecular complexity index is 1640. The van der Waals surface area contributed by atoms with Crippen LogP contribution in [0, 0.1) is 0 Å². The minimum absolute atomic E-state index is 0.0520. The summed E-state index contributed by atoms with van der Waals surface area (Å²) < 4.78 is 39.4. The monoisotopic (exact) mass is 652 g/mol. The molecule has 1 unspecified atom stereocenters. The summed E-state index contributed by atoms with van der Waals surface area (Å²) in [5.74, 6) is -1.09. The number of alkyl halides is 3. The molecule has 1 amide bonds. The molecule has 2 aromatic heterocycles. The number of carboxylic acids is 1. The fourth-order valence-electron chi connectivity index (χ4n) is 4.12. The first-order chi connectivity index (χ1) is 21.7. The van der Waals surface area contributed by atoms with Crippen molar-refractivity contribution in [3.63, 3.8) is 0 Å². The maximum atomic E-state index is 13.1. The van der Waals surface area contributed by atoms with E-state index in [0.29, 0.717) is 17.8 Å². The zero-order valence-corrected chi connectivity index (χ0v) is 26.6. The molecule has 0 aliphatic carbocycles. The fraction of sp³-hybridized carbons (Fsp3) is 0.265. The number of amides is 1. The fourth-order valence-corrected chi connectivity index (χ4v) is 5.00. The van der Waals surface area contributed by atoms with Gasteiger partial charge in [-0.3, -0.25) is 14.4 Å². The molecule has 8 nitrogen and oxygen atoms in total. The molecule has 0 aliphatic rings. The Kier molecular flexibility index (Phi) is 12.5. The quantitative estimate of drug-likeness (QED) is 0.167. The van der Waals surface area contributed by atoms with Crippen molar-refractivity contribution in [1.82, 2.24) is 20.6 Å². The molecule has 0 bridgehead atoms. The van der Waals surface area contributed by atoms with Gasteiger partial charge in [0.25, 0.3) is 0 Å². The molecule has 0 saturated heterocycles. The normalized spacial score (nSPS) is 12.2. The van der Waals surface area contributed by atoms with E-state index in [2.05, 4.69) is 41.4 Å². The van der Waals surface area contributed by atoms with Crippen molar-refractivity contribution in [3.05, 3.63) is 105 Å². The molecule has 46 heavy (non-hydrogen) atoms. The van der Waals surface area contributed by atoms with Gasteiger partial charge in [0.2, 0.25) is 5.91 Å². The molecule has 0 spiro atoms. The zero-order valence-electron chi connectivity index (χ0n) is 25.8. The van der Waals surface area contributed by atoms with Gasteiger partial charge in [-0.05, 0) is 48.2 Å². The number of carboxylic acid groups (broad SMARTS) is 1. The molecule has 0 fully saturated rings. The first-order valence-electron chi connectivity index (χ1n) is 14.2. The van der Waals surface area contributed by atoms with Crippen molar-refractivity contribution in [2.45, 2.75) is 44.8 Å². The first kappa shape index (κ1) is 35.8. The number of benzene rings is 2. The summed E-state index contributed by atoms with van der Waals surface area (Å²) in [5, 5.41) is 13.9. The van der Waals surface area contributed by atoms with Crippen molar-refractivity contribution in [2.24, 2.45) is 0 Å². The highest BCUT2D eigenvalue weighted by molar-refractivity contribution is 7.13. The number of carbonyl (C=O) groups is 3. The number of hydrogen-bond donors (Lipinski definition) is 3. The molecule has 1 atom stereocenters. The Morgan fingerprint density at radius 3 is 2.13 bits per heavy atom. The second kappa shape index (κ2) is 16.1. The second-order valence-electron chi connectivity index (χ2n) is 11.2. The van der Waals surface area contributed by atoms with E-state index in [1.165, 1.54) is 41.6 Å². The Balaban J connectivity index is 0.000000441. The van der Waals surface area contributed by atoms with Gasteiger partial charge in [0.1, 0.15) is 6.54 Å². The lowest BCUT2D eigenvalue weighted by Crippen LogP contribution is -2.45. The summed E-state index contributed by atoms with van der Waals surface area (Å²) in [4.78, 5) is 43.7. The van der Waals surface area contributed by atoms with Crippen LogP contribution in [0.4, 0.5) is 13.2 Å². The first-order valence-corrected chi connectivity index (χ1v) is 15.0. The number of nitrogens with one attached hydrogen (secondary N) is 2. The number of likely N-dealkylation sites (N-methyl/N-ethyl adjacent to an activating group) is 1. The van der Waals surface area contributed by atoms with Crippen LogP contribution in [-0.2, 0) is 27.6 Å². The summed E-state index contributed by atoms with van der Waals surface area (Å²) in [6, 6.07) is 15.8. The molecule has 242 valence electrons. The topological polar surface area (TPSA) is 121 Å². The third kappa shape index (κ3) is 10.7. The minimum Gasteiger partial charge on any atom is -0.480 e. The van der Waals surface area contributed by atoms with E-state index in [9.17, 15) is 27.6 Å². The van der Waals surface area contributed by atoms with Gasteiger partial charge in [-0.2, -0.15) is 13.2 Å². The van der Waals surface area contributed by atoms with Crippen molar-refractivity contribution in [3.8, 4) is 11.4 Å². The van der Waals surface area contributed by atoms with Gasteiger partial charge in [0.05, 0.1) is 16.5 Å². The van der Waals surface area contributed by atoms with Crippen LogP contribution in [0.25, 0.3) is 23.5 Å². The molecule has 3 N–H and O–H groups in total. The highest BCUT2D eigenvalue weighted by atomic mass is 32.1. The van der Waals surface area contributed by atoms with Crippen LogP contribution in [0.5, 0.6) is 0 Å². The second-order valence-corrected chi connectivity index (χ2v) is 12.3. The highest BCUT2D eigenvalue weighted by Gasteiger charge is 2.32. The maximum Gasteiger partial charge on any atom is 0.416 e. The Morgan fingerprint density at radius 1 is 0.957 bits per heavy atom. The number of aromatic nitrogens is 2. The van der Waals surface area contributed by atoms with Gasteiger partial charge in [-0.1, -0.05) is 75.4 Å². The van der Waals surface area contributed by atoms with Crippen LogP contribution in [-0.4, -0.2) is 52.9 Å². The summed E-state index contributed by atoms with van der Waals surface area (Å²) in [7, 11) is 1.62. The van der Waals surface area contributed by atoms with E-state index in [4.69, 9.17) is 5.11 Å². The van der Waals surface area contributed by atoms with Gasteiger partial charge >= 0.3 is 12.1 Å². The van der Waals surface area contributed by atoms with Crippen molar-refractivity contribution in [1.29, 1.82) is 0 Å². The zero-order chi connectivity index (χ0) is 33.9. The van der Waals surface area contributed by atoms with E-state index in [0.717, 1.165) is 28.4 Å². The molecule has 4 rings (SSSR count). The van der Waals surface area contributed by atoms with Gasteiger partial charge in [0.15, 0.2) is 12.1 Å². The van der Waals surface area contributed by atoms with Crippen LogP contribution in [0.15, 0.2) is 73.1 Å². The van der Waals surface area contributed by atoms with E-state index in [1.54, 1.807) is 36.6 Å². The van der Waals surface area contributed by atoms with Crippen LogP contribution in [0.1, 0.15) is 57.6 Å². The van der Waals surface area contributed by atoms with Crippen molar-refractivity contribution < 1.29 is 32.7 Å². The van der Waals surface area contributed by atoms with Crippen LogP contribution in [0.2, 0.25) is 0 Å². The Hall–Kier alpha value is -4.68. The number of aldehydes is 1. The van der Waals surface area contributed by atoms with E-state index in [1.807, 2.05) is 24.3 Å². The molecule has 2 heterocycles. The van der Waals surface area contributed by atoms with Crippen LogP contribution in [0.3, 0.4) is 0 Å². The minimum atomic E-state index is -4.44. The summed E-state index contributed by atoms with van der Waals surface area (Å²) in [6.07, 6.45) is 2.75. The van der Waals surface area contributed by atoms with Crippen molar-refractivity contribution in [2.75, 3.05) is 13.6 Å². The van der Waals surface area contributed by atoms with E-state index in [-0.39, 0.29) is 11.0 Å². The molecule has 2 aromatic carbocycles. The lowest BCUT2D eigenvalue weighted by molar-refractivity contribution is -0.138. The van der Waals surface area contributed by atoms with Crippen LogP contribution >= 0.6 is 11.3 Å². The number of hydrogen-bond acceptors (Lipinski definition) is 7. The molecule has 0 radical (unpaired) electrons. The van der Waals surface area contributed by atoms with Crippen LogP contribution < -0.4 is 10.6 Å². The summed E-state index contributed by atoms with van der Waals surface area (Å²) >= 11 is 1.57. The predicted octanol–water partition coefficient (Wildman–Crippen LogP) is 6.52. The molecule has 4 aromatic rings. The smallest absolute Gasteiger partial charge is 0.416 e. The molecule has 12 heteroatoms. The van der Waals surface area contributed by atoms with E-state index < -0.39 is 36.2 Å². The Labute approximate surface area is 269 Å². The lowest BCUT2D eigenvalue weighted by atomic mass is 9.95. The number of thiophene rings is 1. The van der Waals surface area contributed by atoms with Gasteiger partial charge in [-0.25, -0.2) is 9.97 Å². The SMILES string of the molecule is CC(C)(C)c1ccc(C=O)s1.CNC(Cc1ccc(-c2ncc(/C=C/c3ccccc3C(F)(F)F)cn2)cc1)C(=O)NCC(=O)O.